The highest BCUT2D eigenvalue weighted by Gasteiger charge is 2.41. The highest BCUT2D eigenvalue weighted by molar-refractivity contribution is 5.87. The van der Waals surface area contributed by atoms with Crippen molar-refractivity contribution in [2.24, 2.45) is 17.6 Å². The molecule has 0 aromatic heterocycles. The highest BCUT2D eigenvalue weighted by atomic mass is 16.2. The van der Waals surface area contributed by atoms with Gasteiger partial charge in [-0.1, -0.05) is 33.1 Å². The summed E-state index contributed by atoms with van der Waals surface area (Å²) in [6.45, 7) is 9.74. The van der Waals surface area contributed by atoms with E-state index in [9.17, 15) is 9.59 Å². The number of hydrogen-bond acceptors (Lipinski definition) is 4. The molecule has 6 nitrogen and oxygen atoms in total. The number of carbonyl (C=O) groups is 2. The van der Waals surface area contributed by atoms with E-state index in [2.05, 4.69) is 24.1 Å². The fraction of sp³-hybridized carbons (Fsp3) is 0.900. The van der Waals surface area contributed by atoms with Crippen LogP contribution in [0.15, 0.2) is 0 Å². The quantitative estimate of drug-likeness (QED) is 0.684. The number of nitrogens with two attached hydrogens (primary N) is 1. The summed E-state index contributed by atoms with van der Waals surface area (Å²) >= 11 is 0. The second-order valence-corrected chi connectivity index (χ2v) is 8.51. The lowest BCUT2D eigenvalue weighted by Gasteiger charge is -2.35. The topological polar surface area (TPSA) is 78.7 Å². The average Bonchev–Trinajstić information content (AvgIpc) is 3.05. The van der Waals surface area contributed by atoms with Gasteiger partial charge in [0.05, 0.1) is 0 Å². The maximum atomic E-state index is 12.5. The van der Waals surface area contributed by atoms with Crippen molar-refractivity contribution in [1.82, 2.24) is 15.1 Å². The zero-order valence-corrected chi connectivity index (χ0v) is 16.9. The van der Waals surface area contributed by atoms with Crippen LogP contribution in [-0.4, -0.2) is 66.4 Å². The molecule has 2 atom stereocenters. The lowest BCUT2D eigenvalue weighted by atomic mass is 9.88. The Kier molecular flexibility index (Phi) is 8.35. The van der Waals surface area contributed by atoms with Crippen LogP contribution in [0.1, 0.15) is 59.3 Å². The van der Waals surface area contributed by atoms with Gasteiger partial charge in [0.25, 0.3) is 0 Å². The van der Waals surface area contributed by atoms with Crippen LogP contribution in [0, 0.1) is 11.8 Å². The van der Waals surface area contributed by atoms with Crippen molar-refractivity contribution in [3.63, 3.8) is 0 Å². The monoisotopic (exact) mass is 366 g/mol. The van der Waals surface area contributed by atoms with E-state index in [1.807, 2.05) is 0 Å². The van der Waals surface area contributed by atoms with Crippen molar-refractivity contribution in [3.05, 3.63) is 0 Å². The van der Waals surface area contributed by atoms with E-state index < -0.39 is 0 Å². The van der Waals surface area contributed by atoms with E-state index in [1.54, 1.807) is 11.8 Å². The summed E-state index contributed by atoms with van der Waals surface area (Å²) in [5, 5.41) is 2.86. The molecule has 3 N–H and O–H groups in total. The molecule has 1 aliphatic heterocycles. The van der Waals surface area contributed by atoms with Gasteiger partial charge in [0.1, 0.15) is 6.04 Å². The summed E-state index contributed by atoms with van der Waals surface area (Å²) in [5.74, 6) is 1.27. The van der Waals surface area contributed by atoms with Crippen molar-refractivity contribution >= 4 is 11.8 Å². The third kappa shape index (κ3) is 5.95. The summed E-state index contributed by atoms with van der Waals surface area (Å²) in [5.41, 5.74) is 5.50. The van der Waals surface area contributed by atoms with Gasteiger partial charge >= 0.3 is 0 Å². The van der Waals surface area contributed by atoms with Crippen LogP contribution in [0.25, 0.3) is 0 Å². The van der Waals surface area contributed by atoms with Crippen LogP contribution < -0.4 is 11.1 Å². The molecule has 0 radical (unpaired) electrons. The molecule has 2 aliphatic rings. The summed E-state index contributed by atoms with van der Waals surface area (Å²) in [7, 11) is 0. The van der Waals surface area contributed by atoms with Gasteiger partial charge in [-0.3, -0.25) is 14.5 Å². The zero-order chi connectivity index (χ0) is 19.1. The molecule has 6 heteroatoms. The first kappa shape index (κ1) is 21.2. The number of rotatable bonds is 8. The van der Waals surface area contributed by atoms with Crippen molar-refractivity contribution in [2.75, 3.05) is 32.7 Å². The second-order valence-electron chi connectivity index (χ2n) is 8.51. The number of hydrogen-bond donors (Lipinski definition) is 2. The van der Waals surface area contributed by atoms with Crippen molar-refractivity contribution in [3.8, 4) is 0 Å². The molecule has 0 aromatic rings. The van der Waals surface area contributed by atoms with Crippen LogP contribution in [0.4, 0.5) is 0 Å². The third-order valence-corrected chi connectivity index (χ3v) is 5.76. The standard InChI is InChI=1S/C20H38N4O2/c1-15(2)12-23(13-17-7-5-4-6-8-17)18-11-19(20(26)22-10-9-21)24(14-18)16(3)25/h15,17-19H,4-14,21H2,1-3H3,(H,22,26). The minimum absolute atomic E-state index is 0.0115. The number of nitrogens with zero attached hydrogens (tertiary/aromatic N) is 2. The number of nitrogens with one attached hydrogen (secondary N) is 1. The third-order valence-electron chi connectivity index (χ3n) is 5.76. The Bertz CT molecular complexity index is 463. The van der Waals surface area contributed by atoms with Gasteiger partial charge < -0.3 is 16.0 Å². The van der Waals surface area contributed by atoms with Gasteiger partial charge in [0.2, 0.25) is 11.8 Å². The first-order valence-corrected chi connectivity index (χ1v) is 10.4. The summed E-state index contributed by atoms with van der Waals surface area (Å²) < 4.78 is 0. The Hall–Kier alpha value is -1.14. The molecule has 2 fully saturated rings. The van der Waals surface area contributed by atoms with Crippen LogP contribution >= 0.6 is 0 Å². The van der Waals surface area contributed by atoms with Gasteiger partial charge in [-0.05, 0) is 31.1 Å². The maximum absolute atomic E-state index is 12.5. The molecule has 0 aromatic carbocycles. The molecule has 2 rings (SSSR count). The molecule has 0 bridgehead atoms. The molecule has 1 aliphatic carbocycles. The largest absolute Gasteiger partial charge is 0.353 e. The first-order chi connectivity index (χ1) is 12.4. The molecule has 26 heavy (non-hydrogen) atoms. The molecule has 2 amide bonds. The number of carbonyl (C=O) groups excluding carboxylic acids is 2. The van der Waals surface area contributed by atoms with Gasteiger partial charge in [0, 0.05) is 45.7 Å². The van der Waals surface area contributed by atoms with E-state index in [4.69, 9.17) is 5.73 Å². The second kappa shape index (κ2) is 10.3. The minimum atomic E-state index is -0.356. The smallest absolute Gasteiger partial charge is 0.242 e. The number of likely N-dealkylation sites (tertiary alicyclic amines) is 1. The molecule has 150 valence electrons. The summed E-state index contributed by atoms with van der Waals surface area (Å²) in [6.07, 6.45) is 7.42. The van der Waals surface area contributed by atoms with E-state index >= 15 is 0 Å². The molecule has 0 spiro atoms. The number of amides is 2. The van der Waals surface area contributed by atoms with Gasteiger partial charge in [-0.2, -0.15) is 0 Å². The summed E-state index contributed by atoms with van der Waals surface area (Å²) in [6, 6.07) is -0.0816. The van der Waals surface area contributed by atoms with Crippen LogP contribution in [0.3, 0.4) is 0 Å². The van der Waals surface area contributed by atoms with E-state index in [-0.39, 0.29) is 23.9 Å². The minimum Gasteiger partial charge on any atom is -0.353 e. The van der Waals surface area contributed by atoms with Gasteiger partial charge in [-0.15, -0.1) is 0 Å². The first-order valence-electron chi connectivity index (χ1n) is 10.4. The normalized spacial score (nSPS) is 24.5. The fourth-order valence-electron chi connectivity index (χ4n) is 4.53. The van der Waals surface area contributed by atoms with Gasteiger partial charge in [0.15, 0.2) is 0 Å². The Labute approximate surface area is 158 Å². The van der Waals surface area contributed by atoms with Crippen molar-refractivity contribution < 1.29 is 9.59 Å². The average molecular weight is 367 g/mol. The Morgan fingerprint density at radius 2 is 1.92 bits per heavy atom. The molecule has 1 heterocycles. The van der Waals surface area contributed by atoms with E-state index in [1.165, 1.54) is 32.1 Å². The van der Waals surface area contributed by atoms with Crippen LogP contribution in [-0.2, 0) is 9.59 Å². The fourth-order valence-corrected chi connectivity index (χ4v) is 4.53. The summed E-state index contributed by atoms with van der Waals surface area (Å²) in [4.78, 5) is 29.0. The van der Waals surface area contributed by atoms with E-state index in [0.717, 1.165) is 25.4 Å². The van der Waals surface area contributed by atoms with Crippen LogP contribution in [0.2, 0.25) is 0 Å². The van der Waals surface area contributed by atoms with Crippen molar-refractivity contribution in [2.45, 2.75) is 71.4 Å². The molecular weight excluding hydrogens is 328 g/mol. The lowest BCUT2D eigenvalue weighted by Crippen LogP contribution is -2.46. The Balaban J connectivity index is 2.06. The Morgan fingerprint density at radius 3 is 2.50 bits per heavy atom. The molecule has 1 saturated carbocycles. The van der Waals surface area contributed by atoms with Gasteiger partial charge in [-0.25, -0.2) is 0 Å². The van der Waals surface area contributed by atoms with Crippen molar-refractivity contribution in [1.29, 1.82) is 0 Å². The zero-order valence-electron chi connectivity index (χ0n) is 16.9. The molecule has 1 saturated heterocycles. The van der Waals surface area contributed by atoms with E-state index in [0.29, 0.717) is 25.6 Å². The SMILES string of the molecule is CC(=O)N1CC(N(CC(C)C)CC2CCCCC2)CC1C(=O)NCCN. The maximum Gasteiger partial charge on any atom is 0.242 e. The predicted octanol–water partition coefficient (Wildman–Crippen LogP) is 1.59. The van der Waals surface area contributed by atoms with Crippen LogP contribution in [0.5, 0.6) is 0 Å². The highest BCUT2D eigenvalue weighted by Crippen LogP contribution is 2.29. The lowest BCUT2D eigenvalue weighted by molar-refractivity contribution is -0.136. The molecule has 2 unspecified atom stereocenters. The predicted molar refractivity (Wildman–Crippen MR) is 105 cm³/mol. The molecular formula is C20H38N4O2. The Morgan fingerprint density at radius 1 is 1.23 bits per heavy atom.